The minimum atomic E-state index is -0.0864. The molecule has 0 bridgehead atoms. The van der Waals surface area contributed by atoms with Gasteiger partial charge in [-0.3, -0.25) is 10.1 Å². The minimum absolute atomic E-state index is 0.0864. The first-order chi connectivity index (χ1) is 13.4. The van der Waals surface area contributed by atoms with Gasteiger partial charge in [-0.1, -0.05) is 43.9 Å². The Hall–Kier alpha value is -1.58. The number of hydrogen-bond donors (Lipinski definition) is 1. The molecule has 9 heteroatoms. The van der Waals surface area contributed by atoms with E-state index in [0.717, 1.165) is 39.4 Å². The van der Waals surface area contributed by atoms with Crippen LogP contribution in [-0.4, -0.2) is 31.8 Å². The zero-order valence-corrected chi connectivity index (χ0v) is 18.9. The molecule has 1 amide bonds. The Labute approximate surface area is 176 Å². The molecule has 3 aromatic heterocycles. The standard InChI is InChI=1S/C19H23N5OS3/c1-9(2)16-21-17(26-8-14(25)20-19-24-23-11(4)27-19)15-12-6-5-10(3)7-13(12)28-18(15)22-16/h9-10H,5-8H2,1-4H3,(H,20,24,25)/t10-/m0/s1. The number of thiophene rings is 1. The predicted molar refractivity (Wildman–Crippen MR) is 117 cm³/mol. The maximum absolute atomic E-state index is 12.4. The summed E-state index contributed by atoms with van der Waals surface area (Å²) < 4.78 is 0. The van der Waals surface area contributed by atoms with E-state index in [0.29, 0.717) is 10.9 Å². The summed E-state index contributed by atoms with van der Waals surface area (Å²) in [5.74, 6) is 2.03. The maximum atomic E-state index is 12.4. The van der Waals surface area contributed by atoms with Crippen LogP contribution in [0.4, 0.5) is 5.13 Å². The van der Waals surface area contributed by atoms with Crippen LogP contribution < -0.4 is 5.32 Å². The molecular weight excluding hydrogens is 410 g/mol. The van der Waals surface area contributed by atoms with Gasteiger partial charge in [0.05, 0.1) is 5.75 Å². The van der Waals surface area contributed by atoms with Crippen molar-refractivity contribution >= 4 is 55.7 Å². The van der Waals surface area contributed by atoms with E-state index in [1.54, 1.807) is 0 Å². The molecule has 0 spiro atoms. The van der Waals surface area contributed by atoms with E-state index in [1.807, 2.05) is 18.3 Å². The van der Waals surface area contributed by atoms with Crippen molar-refractivity contribution in [1.82, 2.24) is 20.2 Å². The van der Waals surface area contributed by atoms with Crippen molar-refractivity contribution in [1.29, 1.82) is 0 Å². The van der Waals surface area contributed by atoms with Gasteiger partial charge in [0, 0.05) is 16.2 Å². The summed E-state index contributed by atoms with van der Waals surface area (Å²) in [6, 6.07) is 0. The highest BCUT2D eigenvalue weighted by Gasteiger charge is 2.25. The predicted octanol–water partition coefficient (Wildman–Crippen LogP) is 4.83. The molecule has 0 saturated heterocycles. The van der Waals surface area contributed by atoms with Gasteiger partial charge >= 0.3 is 0 Å². The lowest BCUT2D eigenvalue weighted by Gasteiger charge is -2.18. The zero-order valence-electron chi connectivity index (χ0n) is 16.4. The molecule has 1 aliphatic rings. The van der Waals surface area contributed by atoms with E-state index in [1.165, 1.54) is 45.3 Å². The first-order valence-electron chi connectivity index (χ1n) is 9.45. The summed E-state index contributed by atoms with van der Waals surface area (Å²) in [4.78, 5) is 24.6. The Morgan fingerprint density at radius 1 is 1.29 bits per heavy atom. The second-order valence-electron chi connectivity index (χ2n) is 7.54. The largest absolute Gasteiger partial charge is 0.300 e. The van der Waals surface area contributed by atoms with Crippen molar-refractivity contribution < 1.29 is 4.79 Å². The van der Waals surface area contributed by atoms with Crippen LogP contribution in [-0.2, 0) is 17.6 Å². The van der Waals surface area contributed by atoms with E-state index in [-0.39, 0.29) is 11.8 Å². The van der Waals surface area contributed by atoms with Crippen molar-refractivity contribution in [3.8, 4) is 0 Å². The number of thioether (sulfide) groups is 1. The number of anilines is 1. The van der Waals surface area contributed by atoms with Crippen molar-refractivity contribution in [2.75, 3.05) is 11.1 Å². The molecule has 3 aromatic rings. The first-order valence-corrected chi connectivity index (χ1v) is 12.1. The normalized spacial score (nSPS) is 16.5. The van der Waals surface area contributed by atoms with Gasteiger partial charge in [-0.15, -0.1) is 21.5 Å². The van der Waals surface area contributed by atoms with Gasteiger partial charge in [-0.05, 0) is 37.7 Å². The summed E-state index contributed by atoms with van der Waals surface area (Å²) in [5.41, 5.74) is 1.40. The summed E-state index contributed by atoms with van der Waals surface area (Å²) in [5, 5.41) is 14.2. The van der Waals surface area contributed by atoms with Crippen LogP contribution in [0.25, 0.3) is 10.2 Å². The topological polar surface area (TPSA) is 80.7 Å². The van der Waals surface area contributed by atoms with Gasteiger partial charge in [0.2, 0.25) is 11.0 Å². The number of carbonyl (C=O) groups excluding carboxylic acids is 1. The number of amides is 1. The van der Waals surface area contributed by atoms with E-state index in [2.05, 4.69) is 36.3 Å². The third kappa shape index (κ3) is 4.06. The fourth-order valence-electron chi connectivity index (χ4n) is 3.32. The van der Waals surface area contributed by atoms with Crippen LogP contribution in [0.1, 0.15) is 54.4 Å². The molecular formula is C19H23N5OS3. The highest BCUT2D eigenvalue weighted by atomic mass is 32.2. The lowest BCUT2D eigenvalue weighted by Crippen LogP contribution is -2.14. The van der Waals surface area contributed by atoms with Crippen LogP contribution in [0.3, 0.4) is 0 Å². The maximum Gasteiger partial charge on any atom is 0.236 e. The highest BCUT2D eigenvalue weighted by molar-refractivity contribution is 8.00. The molecule has 3 heterocycles. The molecule has 148 valence electrons. The van der Waals surface area contributed by atoms with Crippen LogP contribution in [0.15, 0.2) is 5.03 Å². The number of nitrogens with one attached hydrogen (secondary N) is 1. The molecule has 6 nitrogen and oxygen atoms in total. The van der Waals surface area contributed by atoms with E-state index in [9.17, 15) is 4.79 Å². The van der Waals surface area contributed by atoms with Gasteiger partial charge in [-0.25, -0.2) is 9.97 Å². The Bertz CT molecular complexity index is 1030. The molecule has 4 rings (SSSR count). The van der Waals surface area contributed by atoms with Crippen LogP contribution >= 0.6 is 34.4 Å². The molecule has 28 heavy (non-hydrogen) atoms. The number of aryl methyl sites for hydroxylation is 2. The van der Waals surface area contributed by atoms with Crippen molar-refractivity contribution in [2.24, 2.45) is 5.92 Å². The number of nitrogens with zero attached hydrogens (tertiary/aromatic N) is 4. The summed E-state index contributed by atoms with van der Waals surface area (Å²) in [6.45, 7) is 8.40. The van der Waals surface area contributed by atoms with Gasteiger partial charge in [0.15, 0.2) is 0 Å². The molecule has 0 saturated carbocycles. The zero-order chi connectivity index (χ0) is 19.8. The Morgan fingerprint density at radius 2 is 2.11 bits per heavy atom. The van der Waals surface area contributed by atoms with Gasteiger partial charge in [0.25, 0.3) is 0 Å². The Kier molecular flexibility index (Phi) is 5.66. The highest BCUT2D eigenvalue weighted by Crippen LogP contribution is 2.41. The summed E-state index contributed by atoms with van der Waals surface area (Å²) >= 11 is 4.68. The quantitative estimate of drug-likeness (QED) is 0.458. The van der Waals surface area contributed by atoms with Gasteiger partial charge in [0.1, 0.15) is 20.7 Å². The van der Waals surface area contributed by atoms with Crippen molar-refractivity contribution in [3.63, 3.8) is 0 Å². The summed E-state index contributed by atoms with van der Waals surface area (Å²) in [6.07, 6.45) is 3.39. The van der Waals surface area contributed by atoms with Crippen molar-refractivity contribution in [3.05, 3.63) is 21.3 Å². The number of rotatable bonds is 5. The van der Waals surface area contributed by atoms with Crippen LogP contribution in [0.5, 0.6) is 0 Å². The minimum Gasteiger partial charge on any atom is -0.300 e. The molecule has 1 N–H and O–H groups in total. The van der Waals surface area contributed by atoms with Crippen LogP contribution in [0, 0.1) is 12.8 Å². The van der Waals surface area contributed by atoms with Crippen molar-refractivity contribution in [2.45, 2.75) is 57.9 Å². The van der Waals surface area contributed by atoms with Crippen LogP contribution in [0.2, 0.25) is 0 Å². The fraction of sp³-hybridized carbons (Fsp3) is 0.526. The average molecular weight is 434 g/mol. The second kappa shape index (κ2) is 8.04. The Morgan fingerprint density at radius 3 is 2.82 bits per heavy atom. The lowest BCUT2D eigenvalue weighted by atomic mass is 9.89. The SMILES string of the molecule is Cc1nnc(NC(=O)CSc2nc(C(C)C)nc3sc4c(c23)CC[C@H](C)C4)s1. The molecule has 0 unspecified atom stereocenters. The number of hydrogen-bond acceptors (Lipinski definition) is 8. The molecule has 0 radical (unpaired) electrons. The molecule has 0 fully saturated rings. The molecule has 1 aliphatic carbocycles. The molecule has 0 aliphatic heterocycles. The molecule has 0 aromatic carbocycles. The Balaban J connectivity index is 1.62. The molecule has 1 atom stereocenters. The third-order valence-electron chi connectivity index (χ3n) is 4.77. The summed E-state index contributed by atoms with van der Waals surface area (Å²) in [7, 11) is 0. The van der Waals surface area contributed by atoms with Gasteiger partial charge in [-0.2, -0.15) is 0 Å². The number of carbonyl (C=O) groups is 1. The van der Waals surface area contributed by atoms with E-state index < -0.39 is 0 Å². The number of fused-ring (bicyclic) bond motifs is 3. The smallest absolute Gasteiger partial charge is 0.236 e. The van der Waals surface area contributed by atoms with Gasteiger partial charge < -0.3 is 0 Å². The number of aromatic nitrogens is 4. The monoisotopic (exact) mass is 433 g/mol. The second-order valence-corrected chi connectivity index (χ2v) is 10.8. The third-order valence-corrected chi connectivity index (χ3v) is 7.65. The fourth-order valence-corrected chi connectivity index (χ4v) is 6.25. The van der Waals surface area contributed by atoms with E-state index in [4.69, 9.17) is 9.97 Å². The lowest BCUT2D eigenvalue weighted by molar-refractivity contribution is -0.113. The first kappa shape index (κ1) is 19.7. The average Bonchev–Trinajstić information content (AvgIpc) is 3.21. The van der Waals surface area contributed by atoms with E-state index >= 15 is 0 Å².